The van der Waals surface area contributed by atoms with Gasteiger partial charge in [-0.15, -0.1) is 0 Å². The molecule has 0 saturated heterocycles. The first kappa shape index (κ1) is 18.3. The Morgan fingerprint density at radius 3 is 2.07 bits per heavy atom. The number of hydrogen-bond acceptors (Lipinski definition) is 3. The summed E-state index contributed by atoms with van der Waals surface area (Å²) in [6.45, 7) is 2.00. The maximum Gasteiger partial charge on any atom is 0.257 e. The van der Waals surface area contributed by atoms with E-state index in [1.807, 2.05) is 31.2 Å². The van der Waals surface area contributed by atoms with E-state index >= 15 is 0 Å². The van der Waals surface area contributed by atoms with Gasteiger partial charge in [0.2, 0.25) is 0 Å². The van der Waals surface area contributed by atoms with Crippen LogP contribution in [-0.4, -0.2) is 16.8 Å². The Labute approximate surface area is 156 Å². The summed E-state index contributed by atoms with van der Waals surface area (Å²) in [4.78, 5) is 28.8. The van der Waals surface area contributed by atoms with E-state index in [0.717, 1.165) is 12.0 Å². The van der Waals surface area contributed by atoms with Gasteiger partial charge in [-0.3, -0.25) is 14.6 Å². The summed E-state index contributed by atoms with van der Waals surface area (Å²) in [5.74, 6) is -1.45. The second kappa shape index (κ2) is 8.23. The molecule has 5 nitrogen and oxygen atoms in total. The quantitative estimate of drug-likeness (QED) is 0.710. The number of nitrogens with zero attached hydrogens (tertiary/aromatic N) is 1. The summed E-state index contributed by atoms with van der Waals surface area (Å²) >= 11 is 0. The number of benzene rings is 2. The molecule has 2 N–H and O–H groups in total. The average molecular weight is 363 g/mol. The van der Waals surface area contributed by atoms with E-state index < -0.39 is 11.7 Å². The topological polar surface area (TPSA) is 71.1 Å². The van der Waals surface area contributed by atoms with Crippen molar-refractivity contribution in [2.24, 2.45) is 0 Å². The molecule has 27 heavy (non-hydrogen) atoms. The molecule has 6 heteroatoms. The minimum absolute atomic E-state index is 0.0641. The summed E-state index contributed by atoms with van der Waals surface area (Å²) in [7, 11) is 0. The van der Waals surface area contributed by atoms with Crippen LogP contribution in [0, 0.1) is 5.82 Å². The van der Waals surface area contributed by atoms with E-state index in [2.05, 4.69) is 15.6 Å². The van der Waals surface area contributed by atoms with Gasteiger partial charge in [0.05, 0.1) is 16.8 Å². The second-order valence-corrected chi connectivity index (χ2v) is 5.86. The van der Waals surface area contributed by atoms with Gasteiger partial charge in [-0.05, 0) is 36.2 Å². The molecule has 3 rings (SSSR count). The van der Waals surface area contributed by atoms with E-state index in [1.165, 1.54) is 36.7 Å². The van der Waals surface area contributed by atoms with Crippen LogP contribution >= 0.6 is 0 Å². The second-order valence-electron chi connectivity index (χ2n) is 5.86. The maximum atomic E-state index is 13.7. The fraction of sp³-hybridized carbons (Fsp3) is 0.0952. The molecule has 3 aromatic rings. The van der Waals surface area contributed by atoms with Crippen molar-refractivity contribution in [1.29, 1.82) is 0 Å². The van der Waals surface area contributed by atoms with Gasteiger partial charge in [-0.2, -0.15) is 0 Å². The molecule has 0 atom stereocenters. The number of nitrogens with one attached hydrogen (secondary N) is 2. The molecule has 0 fully saturated rings. The Balaban J connectivity index is 1.77. The van der Waals surface area contributed by atoms with Crippen molar-refractivity contribution in [1.82, 2.24) is 4.98 Å². The number of anilines is 2. The summed E-state index contributed by atoms with van der Waals surface area (Å²) < 4.78 is 13.7. The molecule has 0 saturated carbocycles. The number of amides is 2. The number of halogens is 1. The zero-order chi connectivity index (χ0) is 19.2. The molecular formula is C21H18FN3O2. The Hall–Kier alpha value is -3.54. The lowest BCUT2D eigenvalue weighted by atomic mass is 10.1. The summed E-state index contributed by atoms with van der Waals surface area (Å²) in [6.07, 6.45) is 3.48. The van der Waals surface area contributed by atoms with Gasteiger partial charge < -0.3 is 10.6 Å². The SMILES string of the molecule is CCc1ccccc1NC(=O)c1cncc(C(=O)Nc2ccccc2F)c1. The number of hydrogen-bond donors (Lipinski definition) is 2. The predicted molar refractivity (Wildman–Crippen MR) is 102 cm³/mol. The van der Waals surface area contributed by atoms with Gasteiger partial charge >= 0.3 is 0 Å². The summed E-state index contributed by atoms with van der Waals surface area (Å²) in [6, 6.07) is 14.8. The third kappa shape index (κ3) is 4.36. The average Bonchev–Trinajstić information content (AvgIpc) is 2.70. The molecule has 2 amide bonds. The van der Waals surface area contributed by atoms with Crippen molar-refractivity contribution in [2.75, 3.05) is 10.6 Å². The van der Waals surface area contributed by atoms with E-state index in [4.69, 9.17) is 0 Å². The molecule has 136 valence electrons. The molecule has 0 aliphatic rings. The van der Waals surface area contributed by atoms with Gasteiger partial charge in [0.15, 0.2) is 0 Å². The number of carbonyl (C=O) groups is 2. The molecule has 2 aromatic carbocycles. The third-order valence-electron chi connectivity index (χ3n) is 4.03. The molecule has 1 heterocycles. The molecule has 0 aliphatic carbocycles. The number of carbonyl (C=O) groups excluding carboxylic acids is 2. The lowest BCUT2D eigenvalue weighted by Crippen LogP contribution is -2.17. The summed E-state index contributed by atoms with van der Waals surface area (Å²) in [5.41, 5.74) is 2.18. The lowest BCUT2D eigenvalue weighted by molar-refractivity contribution is 0.102. The van der Waals surface area contributed by atoms with Crippen molar-refractivity contribution >= 4 is 23.2 Å². The van der Waals surface area contributed by atoms with Crippen molar-refractivity contribution in [3.8, 4) is 0 Å². The van der Waals surface area contributed by atoms with E-state index in [1.54, 1.807) is 6.07 Å². The number of aryl methyl sites for hydroxylation is 1. The van der Waals surface area contributed by atoms with E-state index in [0.29, 0.717) is 5.69 Å². The molecule has 0 bridgehead atoms. The highest BCUT2D eigenvalue weighted by atomic mass is 19.1. The molecule has 0 aliphatic heterocycles. The number of aromatic nitrogens is 1. The van der Waals surface area contributed by atoms with Crippen LogP contribution in [0.4, 0.5) is 15.8 Å². The van der Waals surface area contributed by atoms with Crippen LogP contribution in [0.25, 0.3) is 0 Å². The monoisotopic (exact) mass is 363 g/mol. The first-order chi connectivity index (χ1) is 13.1. The molecule has 0 spiro atoms. The molecular weight excluding hydrogens is 345 g/mol. The smallest absolute Gasteiger partial charge is 0.257 e. The van der Waals surface area contributed by atoms with E-state index in [-0.39, 0.29) is 22.7 Å². The Morgan fingerprint density at radius 2 is 1.44 bits per heavy atom. The Bertz CT molecular complexity index is 988. The normalized spacial score (nSPS) is 10.3. The van der Waals surface area contributed by atoms with Gasteiger partial charge in [0, 0.05) is 18.1 Å². The first-order valence-electron chi connectivity index (χ1n) is 8.48. The zero-order valence-corrected chi connectivity index (χ0v) is 14.7. The van der Waals surface area contributed by atoms with Crippen molar-refractivity contribution < 1.29 is 14.0 Å². The number of pyridine rings is 1. The van der Waals surface area contributed by atoms with E-state index in [9.17, 15) is 14.0 Å². The lowest BCUT2D eigenvalue weighted by Gasteiger charge is -2.10. The van der Waals surface area contributed by atoms with Crippen LogP contribution in [0.1, 0.15) is 33.2 Å². The summed E-state index contributed by atoms with van der Waals surface area (Å²) in [5, 5.41) is 5.31. The van der Waals surface area contributed by atoms with Crippen molar-refractivity contribution in [3.63, 3.8) is 0 Å². The number of rotatable bonds is 5. The minimum atomic E-state index is -0.545. The van der Waals surface area contributed by atoms with Crippen LogP contribution in [0.15, 0.2) is 67.0 Å². The Kier molecular flexibility index (Phi) is 5.56. The minimum Gasteiger partial charge on any atom is -0.322 e. The van der Waals surface area contributed by atoms with Gasteiger partial charge in [-0.1, -0.05) is 37.3 Å². The third-order valence-corrected chi connectivity index (χ3v) is 4.03. The maximum absolute atomic E-state index is 13.7. The highest BCUT2D eigenvalue weighted by molar-refractivity contribution is 6.08. The van der Waals surface area contributed by atoms with Crippen molar-refractivity contribution in [3.05, 3.63) is 89.5 Å². The standard InChI is InChI=1S/C21H18FN3O2/c1-2-14-7-3-5-9-18(14)24-20(26)15-11-16(13-23-12-15)21(27)25-19-10-6-4-8-17(19)22/h3-13H,2H2,1H3,(H,24,26)(H,25,27). The first-order valence-corrected chi connectivity index (χ1v) is 8.48. The Morgan fingerprint density at radius 1 is 0.889 bits per heavy atom. The predicted octanol–water partition coefficient (Wildman–Crippen LogP) is 4.29. The van der Waals surface area contributed by atoms with Crippen molar-refractivity contribution in [2.45, 2.75) is 13.3 Å². The molecule has 1 aromatic heterocycles. The highest BCUT2D eigenvalue weighted by Crippen LogP contribution is 2.17. The van der Waals surface area contributed by atoms with Crippen LogP contribution in [0.3, 0.4) is 0 Å². The van der Waals surface area contributed by atoms with Crippen LogP contribution in [-0.2, 0) is 6.42 Å². The van der Waals surface area contributed by atoms with Gasteiger partial charge in [0.1, 0.15) is 5.82 Å². The van der Waals surface area contributed by atoms with Crippen LogP contribution < -0.4 is 10.6 Å². The van der Waals surface area contributed by atoms with Gasteiger partial charge in [0.25, 0.3) is 11.8 Å². The van der Waals surface area contributed by atoms with Crippen LogP contribution in [0.5, 0.6) is 0 Å². The molecule has 0 radical (unpaired) electrons. The fourth-order valence-corrected chi connectivity index (χ4v) is 2.59. The van der Waals surface area contributed by atoms with Crippen LogP contribution in [0.2, 0.25) is 0 Å². The highest BCUT2D eigenvalue weighted by Gasteiger charge is 2.14. The molecule has 0 unspecified atom stereocenters. The number of para-hydroxylation sites is 2. The largest absolute Gasteiger partial charge is 0.322 e. The fourth-order valence-electron chi connectivity index (χ4n) is 2.59. The van der Waals surface area contributed by atoms with Gasteiger partial charge in [-0.25, -0.2) is 4.39 Å². The zero-order valence-electron chi connectivity index (χ0n) is 14.7.